The van der Waals surface area contributed by atoms with Crippen LogP contribution in [0.4, 0.5) is 0 Å². The zero-order valence-electron chi connectivity index (χ0n) is 10.5. The SMILES string of the molecule is CN(CCc1cccnc1)C1COCC1C(=O)O. The number of likely N-dealkylation sites (N-methyl/N-ethyl adjacent to an activating group) is 1. The lowest BCUT2D eigenvalue weighted by Gasteiger charge is -2.25. The molecule has 0 spiro atoms. The van der Waals surface area contributed by atoms with Crippen LogP contribution in [0, 0.1) is 5.92 Å². The summed E-state index contributed by atoms with van der Waals surface area (Å²) < 4.78 is 5.27. The standard InChI is InChI=1S/C13H18N2O3/c1-15(6-4-10-3-2-5-14-7-10)12-9-18-8-11(12)13(16)17/h2-3,5,7,11-12H,4,6,8-9H2,1H3,(H,16,17). The molecule has 2 atom stereocenters. The number of ether oxygens (including phenoxy) is 1. The van der Waals surface area contributed by atoms with Crippen LogP contribution in [0.2, 0.25) is 0 Å². The summed E-state index contributed by atoms with van der Waals surface area (Å²) in [6.45, 7) is 1.63. The molecular formula is C13H18N2O3. The highest BCUT2D eigenvalue weighted by atomic mass is 16.5. The van der Waals surface area contributed by atoms with E-state index < -0.39 is 11.9 Å². The van der Waals surface area contributed by atoms with Crippen LogP contribution in [0.25, 0.3) is 0 Å². The second-order valence-electron chi connectivity index (χ2n) is 4.64. The molecule has 2 heterocycles. The third-order valence-electron chi connectivity index (χ3n) is 3.41. The van der Waals surface area contributed by atoms with Gasteiger partial charge in [0.05, 0.1) is 19.1 Å². The Morgan fingerprint density at radius 3 is 3.11 bits per heavy atom. The fourth-order valence-corrected chi connectivity index (χ4v) is 2.23. The Kier molecular flexibility index (Phi) is 4.28. The summed E-state index contributed by atoms with van der Waals surface area (Å²) in [6.07, 6.45) is 4.46. The van der Waals surface area contributed by atoms with Crippen molar-refractivity contribution in [3.8, 4) is 0 Å². The smallest absolute Gasteiger partial charge is 0.310 e. The van der Waals surface area contributed by atoms with E-state index in [4.69, 9.17) is 9.84 Å². The summed E-state index contributed by atoms with van der Waals surface area (Å²) in [4.78, 5) is 17.2. The topological polar surface area (TPSA) is 62.7 Å². The van der Waals surface area contributed by atoms with E-state index in [1.165, 1.54) is 0 Å². The van der Waals surface area contributed by atoms with Crippen molar-refractivity contribution in [2.24, 2.45) is 5.92 Å². The first kappa shape index (κ1) is 13.0. The maximum atomic E-state index is 11.1. The van der Waals surface area contributed by atoms with Gasteiger partial charge in [0, 0.05) is 25.0 Å². The molecule has 1 aliphatic rings. The van der Waals surface area contributed by atoms with Gasteiger partial charge in [0.15, 0.2) is 0 Å². The molecule has 0 radical (unpaired) electrons. The first-order valence-corrected chi connectivity index (χ1v) is 6.08. The molecule has 1 fully saturated rings. The molecule has 98 valence electrons. The third-order valence-corrected chi connectivity index (χ3v) is 3.41. The second-order valence-corrected chi connectivity index (χ2v) is 4.64. The molecule has 0 amide bonds. The van der Waals surface area contributed by atoms with Gasteiger partial charge in [-0.1, -0.05) is 6.07 Å². The first-order valence-electron chi connectivity index (χ1n) is 6.08. The van der Waals surface area contributed by atoms with Crippen molar-refractivity contribution in [3.05, 3.63) is 30.1 Å². The third kappa shape index (κ3) is 3.05. The lowest BCUT2D eigenvalue weighted by Crippen LogP contribution is -2.41. The molecule has 0 aromatic carbocycles. The van der Waals surface area contributed by atoms with Crippen molar-refractivity contribution in [1.29, 1.82) is 0 Å². The monoisotopic (exact) mass is 250 g/mol. The normalized spacial score (nSPS) is 23.4. The summed E-state index contributed by atoms with van der Waals surface area (Å²) in [5.41, 5.74) is 1.16. The average Bonchev–Trinajstić information content (AvgIpc) is 2.86. The number of nitrogens with zero attached hydrogens (tertiary/aromatic N) is 2. The maximum absolute atomic E-state index is 11.1. The summed E-state index contributed by atoms with van der Waals surface area (Å²) in [5.74, 6) is -1.19. The molecule has 0 bridgehead atoms. The van der Waals surface area contributed by atoms with E-state index in [0.717, 1.165) is 18.5 Å². The minimum Gasteiger partial charge on any atom is -0.481 e. The number of pyridine rings is 1. The number of carboxylic acids is 1. The molecule has 5 nitrogen and oxygen atoms in total. The Balaban J connectivity index is 1.88. The van der Waals surface area contributed by atoms with Crippen LogP contribution in [0.15, 0.2) is 24.5 Å². The van der Waals surface area contributed by atoms with Gasteiger partial charge in [-0.25, -0.2) is 0 Å². The molecule has 1 aromatic rings. The van der Waals surface area contributed by atoms with E-state index in [1.807, 2.05) is 25.4 Å². The maximum Gasteiger partial charge on any atom is 0.310 e. The molecule has 5 heteroatoms. The molecule has 2 unspecified atom stereocenters. The first-order chi connectivity index (χ1) is 8.68. The van der Waals surface area contributed by atoms with Gasteiger partial charge in [-0.05, 0) is 25.1 Å². The van der Waals surface area contributed by atoms with Gasteiger partial charge >= 0.3 is 5.97 Å². The highest BCUT2D eigenvalue weighted by Crippen LogP contribution is 2.19. The molecule has 2 rings (SSSR count). The Labute approximate surface area is 106 Å². The number of aromatic nitrogens is 1. The Bertz CT molecular complexity index is 396. The van der Waals surface area contributed by atoms with Gasteiger partial charge in [-0.2, -0.15) is 0 Å². The van der Waals surface area contributed by atoms with E-state index in [0.29, 0.717) is 13.2 Å². The quantitative estimate of drug-likeness (QED) is 0.831. The molecule has 1 aromatic heterocycles. The number of hydrogen-bond acceptors (Lipinski definition) is 4. The van der Waals surface area contributed by atoms with Crippen LogP contribution in [0.3, 0.4) is 0 Å². The van der Waals surface area contributed by atoms with E-state index in [-0.39, 0.29) is 6.04 Å². The lowest BCUT2D eigenvalue weighted by molar-refractivity contribution is -0.143. The van der Waals surface area contributed by atoms with Crippen LogP contribution >= 0.6 is 0 Å². The minimum absolute atomic E-state index is 0.0285. The number of aliphatic carboxylic acids is 1. The van der Waals surface area contributed by atoms with Gasteiger partial charge in [-0.15, -0.1) is 0 Å². The summed E-state index contributed by atoms with van der Waals surface area (Å²) in [5, 5.41) is 9.10. The summed E-state index contributed by atoms with van der Waals surface area (Å²) in [7, 11) is 1.95. The van der Waals surface area contributed by atoms with Crippen LogP contribution in [0.1, 0.15) is 5.56 Å². The van der Waals surface area contributed by atoms with E-state index in [1.54, 1.807) is 6.20 Å². The number of carboxylic acid groups (broad SMARTS) is 1. The fraction of sp³-hybridized carbons (Fsp3) is 0.538. The predicted molar refractivity (Wildman–Crippen MR) is 66.3 cm³/mol. The molecule has 1 aliphatic heterocycles. The van der Waals surface area contributed by atoms with Crippen LogP contribution < -0.4 is 0 Å². The van der Waals surface area contributed by atoms with Crippen molar-refractivity contribution < 1.29 is 14.6 Å². The fourth-order valence-electron chi connectivity index (χ4n) is 2.23. The van der Waals surface area contributed by atoms with Crippen molar-refractivity contribution >= 4 is 5.97 Å². The number of rotatable bonds is 5. The van der Waals surface area contributed by atoms with Crippen molar-refractivity contribution in [1.82, 2.24) is 9.88 Å². The Hall–Kier alpha value is -1.46. The second kappa shape index (κ2) is 5.93. The zero-order valence-corrected chi connectivity index (χ0v) is 10.5. The number of hydrogen-bond donors (Lipinski definition) is 1. The van der Waals surface area contributed by atoms with Crippen LogP contribution in [-0.4, -0.2) is 53.8 Å². The van der Waals surface area contributed by atoms with E-state index >= 15 is 0 Å². The van der Waals surface area contributed by atoms with Crippen LogP contribution in [-0.2, 0) is 16.0 Å². The lowest BCUT2D eigenvalue weighted by atomic mass is 10.0. The molecular weight excluding hydrogens is 232 g/mol. The molecule has 18 heavy (non-hydrogen) atoms. The average molecular weight is 250 g/mol. The van der Waals surface area contributed by atoms with E-state index in [9.17, 15) is 4.79 Å². The predicted octanol–water partition coefficient (Wildman–Crippen LogP) is 0.655. The molecule has 0 saturated carbocycles. The van der Waals surface area contributed by atoms with Crippen LogP contribution in [0.5, 0.6) is 0 Å². The Morgan fingerprint density at radius 2 is 2.44 bits per heavy atom. The molecule has 1 N–H and O–H groups in total. The van der Waals surface area contributed by atoms with Crippen molar-refractivity contribution in [3.63, 3.8) is 0 Å². The van der Waals surface area contributed by atoms with E-state index in [2.05, 4.69) is 9.88 Å². The molecule has 0 aliphatic carbocycles. The number of carbonyl (C=O) groups is 1. The highest BCUT2D eigenvalue weighted by Gasteiger charge is 2.36. The molecule has 1 saturated heterocycles. The van der Waals surface area contributed by atoms with Gasteiger partial charge in [0.2, 0.25) is 0 Å². The van der Waals surface area contributed by atoms with Gasteiger partial charge < -0.3 is 9.84 Å². The van der Waals surface area contributed by atoms with Crippen molar-refractivity contribution in [2.45, 2.75) is 12.5 Å². The minimum atomic E-state index is -0.772. The van der Waals surface area contributed by atoms with Gasteiger partial charge in [-0.3, -0.25) is 14.7 Å². The summed E-state index contributed by atoms with van der Waals surface area (Å²) >= 11 is 0. The van der Waals surface area contributed by atoms with Crippen molar-refractivity contribution in [2.75, 3.05) is 26.8 Å². The zero-order chi connectivity index (χ0) is 13.0. The van der Waals surface area contributed by atoms with Gasteiger partial charge in [0.25, 0.3) is 0 Å². The summed E-state index contributed by atoms with van der Waals surface area (Å²) in [6, 6.07) is 3.91. The largest absolute Gasteiger partial charge is 0.481 e. The van der Waals surface area contributed by atoms with Gasteiger partial charge in [0.1, 0.15) is 0 Å². The highest BCUT2D eigenvalue weighted by molar-refractivity contribution is 5.71. The Morgan fingerprint density at radius 1 is 1.61 bits per heavy atom.